The predicted molar refractivity (Wildman–Crippen MR) is 90.5 cm³/mol. The minimum Gasteiger partial charge on any atom is -0.354 e. The van der Waals surface area contributed by atoms with Crippen LogP contribution in [0.2, 0.25) is 0 Å². The standard InChI is InChI=1S/C15H20BrN3S/c1-10-4-12(5-11(2)17)7-18-15(10)19(3)8-14-6-13(16)9-20-14/h4,6-7,9,11H,5,8,17H2,1-3H3. The molecule has 0 radical (unpaired) electrons. The van der Waals surface area contributed by atoms with Gasteiger partial charge in [0.05, 0.1) is 6.54 Å². The molecule has 0 amide bonds. The van der Waals surface area contributed by atoms with Crippen molar-refractivity contribution in [3.8, 4) is 0 Å². The molecule has 2 N–H and O–H groups in total. The first-order valence-electron chi connectivity index (χ1n) is 6.61. The average molecular weight is 354 g/mol. The van der Waals surface area contributed by atoms with Crippen LogP contribution in [0.25, 0.3) is 0 Å². The molecule has 20 heavy (non-hydrogen) atoms. The molecule has 0 aliphatic rings. The number of aromatic nitrogens is 1. The third-order valence-electron chi connectivity index (χ3n) is 3.04. The fourth-order valence-electron chi connectivity index (χ4n) is 2.25. The van der Waals surface area contributed by atoms with Crippen molar-refractivity contribution in [2.24, 2.45) is 5.73 Å². The van der Waals surface area contributed by atoms with Gasteiger partial charge < -0.3 is 10.6 Å². The molecule has 2 aromatic rings. The Hall–Kier alpha value is -0.910. The van der Waals surface area contributed by atoms with Crippen LogP contribution in [0.5, 0.6) is 0 Å². The number of nitrogens with zero attached hydrogens (tertiary/aromatic N) is 2. The van der Waals surface area contributed by atoms with Gasteiger partial charge in [-0.3, -0.25) is 0 Å². The lowest BCUT2D eigenvalue weighted by Crippen LogP contribution is -2.20. The number of rotatable bonds is 5. The molecule has 108 valence electrons. The Morgan fingerprint density at radius 2 is 2.20 bits per heavy atom. The van der Waals surface area contributed by atoms with Crippen molar-refractivity contribution in [1.29, 1.82) is 0 Å². The second-order valence-corrected chi connectivity index (χ2v) is 7.16. The van der Waals surface area contributed by atoms with Crippen molar-refractivity contribution in [2.45, 2.75) is 32.9 Å². The topological polar surface area (TPSA) is 42.1 Å². The van der Waals surface area contributed by atoms with Gasteiger partial charge in [0.1, 0.15) is 5.82 Å². The van der Waals surface area contributed by atoms with E-state index in [1.165, 1.54) is 16.0 Å². The maximum absolute atomic E-state index is 5.84. The number of anilines is 1. The molecule has 1 unspecified atom stereocenters. The van der Waals surface area contributed by atoms with Crippen molar-refractivity contribution in [1.82, 2.24) is 4.98 Å². The maximum Gasteiger partial charge on any atom is 0.131 e. The van der Waals surface area contributed by atoms with Gasteiger partial charge in [0.2, 0.25) is 0 Å². The summed E-state index contributed by atoms with van der Waals surface area (Å²) in [5.74, 6) is 1.03. The number of aryl methyl sites for hydroxylation is 1. The molecule has 0 spiro atoms. The maximum atomic E-state index is 5.84. The molecule has 3 nitrogen and oxygen atoms in total. The van der Waals surface area contributed by atoms with Crippen molar-refractivity contribution < 1.29 is 0 Å². The van der Waals surface area contributed by atoms with Gasteiger partial charge in [-0.2, -0.15) is 0 Å². The van der Waals surface area contributed by atoms with E-state index in [2.05, 4.69) is 57.3 Å². The second kappa shape index (κ2) is 6.70. The van der Waals surface area contributed by atoms with E-state index in [4.69, 9.17) is 5.73 Å². The van der Waals surface area contributed by atoms with Crippen LogP contribution in [0, 0.1) is 6.92 Å². The highest BCUT2D eigenvalue weighted by molar-refractivity contribution is 9.10. The average Bonchev–Trinajstić information content (AvgIpc) is 2.73. The predicted octanol–water partition coefficient (Wildman–Crippen LogP) is 3.74. The molecule has 0 saturated heterocycles. The molecular weight excluding hydrogens is 334 g/mol. The molecule has 1 atom stereocenters. The van der Waals surface area contributed by atoms with Gasteiger partial charge in [0, 0.05) is 34.0 Å². The van der Waals surface area contributed by atoms with Crippen molar-refractivity contribution in [3.63, 3.8) is 0 Å². The summed E-state index contributed by atoms with van der Waals surface area (Å²) >= 11 is 5.25. The number of pyridine rings is 1. The number of hydrogen-bond acceptors (Lipinski definition) is 4. The quantitative estimate of drug-likeness (QED) is 0.889. The van der Waals surface area contributed by atoms with Crippen molar-refractivity contribution in [3.05, 3.63) is 44.2 Å². The van der Waals surface area contributed by atoms with E-state index in [1.807, 2.05) is 13.1 Å². The largest absolute Gasteiger partial charge is 0.354 e. The molecule has 2 heterocycles. The molecule has 0 bridgehead atoms. The molecule has 0 saturated carbocycles. The summed E-state index contributed by atoms with van der Waals surface area (Å²) in [5.41, 5.74) is 8.23. The van der Waals surface area contributed by atoms with Crippen molar-refractivity contribution >= 4 is 33.1 Å². The third kappa shape index (κ3) is 4.04. The van der Waals surface area contributed by atoms with Gasteiger partial charge >= 0.3 is 0 Å². The summed E-state index contributed by atoms with van der Waals surface area (Å²) in [5, 5.41) is 2.11. The summed E-state index contributed by atoms with van der Waals surface area (Å²) in [6.07, 6.45) is 2.81. The van der Waals surface area contributed by atoms with Gasteiger partial charge in [-0.25, -0.2) is 4.98 Å². The van der Waals surface area contributed by atoms with Crippen LogP contribution in [0.3, 0.4) is 0 Å². The highest BCUT2D eigenvalue weighted by Gasteiger charge is 2.10. The van der Waals surface area contributed by atoms with Crippen LogP contribution in [0.4, 0.5) is 5.82 Å². The van der Waals surface area contributed by atoms with E-state index < -0.39 is 0 Å². The van der Waals surface area contributed by atoms with E-state index in [-0.39, 0.29) is 6.04 Å². The van der Waals surface area contributed by atoms with E-state index in [0.717, 1.165) is 23.3 Å². The summed E-state index contributed by atoms with van der Waals surface area (Å²) in [6, 6.07) is 4.51. The van der Waals surface area contributed by atoms with Gasteiger partial charge in [-0.1, -0.05) is 6.07 Å². The molecule has 2 aromatic heterocycles. The normalized spacial score (nSPS) is 12.4. The fourth-order valence-corrected chi connectivity index (χ4v) is 3.76. The third-order valence-corrected chi connectivity index (χ3v) is 4.72. The molecule has 2 rings (SSSR count). The van der Waals surface area contributed by atoms with Crippen LogP contribution in [0.1, 0.15) is 22.9 Å². The SMILES string of the molecule is Cc1cc(CC(C)N)cnc1N(C)Cc1cc(Br)cs1. The molecular formula is C15H20BrN3S. The first kappa shape index (κ1) is 15.5. The Bertz CT molecular complexity index is 580. The summed E-state index contributed by atoms with van der Waals surface area (Å²) in [7, 11) is 2.08. The number of hydrogen-bond donors (Lipinski definition) is 1. The van der Waals surface area contributed by atoms with E-state index >= 15 is 0 Å². The minimum atomic E-state index is 0.170. The van der Waals surface area contributed by atoms with E-state index in [0.29, 0.717) is 0 Å². The number of halogens is 1. The zero-order valence-electron chi connectivity index (χ0n) is 12.1. The highest BCUT2D eigenvalue weighted by atomic mass is 79.9. The van der Waals surface area contributed by atoms with Crippen LogP contribution in [0.15, 0.2) is 28.2 Å². The summed E-state index contributed by atoms with van der Waals surface area (Å²) in [6.45, 7) is 4.99. The Morgan fingerprint density at radius 3 is 2.75 bits per heavy atom. The minimum absolute atomic E-state index is 0.170. The van der Waals surface area contributed by atoms with Crippen LogP contribution >= 0.6 is 27.3 Å². The van der Waals surface area contributed by atoms with Gasteiger partial charge in [-0.15, -0.1) is 11.3 Å². The smallest absolute Gasteiger partial charge is 0.131 e. The zero-order valence-corrected chi connectivity index (χ0v) is 14.5. The molecule has 0 aliphatic carbocycles. The van der Waals surface area contributed by atoms with E-state index in [9.17, 15) is 0 Å². The Kier molecular flexibility index (Phi) is 5.18. The summed E-state index contributed by atoms with van der Waals surface area (Å²) < 4.78 is 1.14. The van der Waals surface area contributed by atoms with Crippen LogP contribution < -0.4 is 10.6 Å². The fraction of sp³-hybridized carbons (Fsp3) is 0.400. The lowest BCUT2D eigenvalue weighted by atomic mass is 10.1. The first-order chi connectivity index (χ1) is 9.45. The lowest BCUT2D eigenvalue weighted by molar-refractivity contribution is 0.734. The lowest BCUT2D eigenvalue weighted by Gasteiger charge is -2.20. The molecule has 0 aliphatic heterocycles. The van der Waals surface area contributed by atoms with Crippen LogP contribution in [-0.2, 0) is 13.0 Å². The number of thiophene rings is 1. The Labute approximate surface area is 133 Å². The Morgan fingerprint density at radius 1 is 1.45 bits per heavy atom. The molecule has 0 fully saturated rings. The molecule has 5 heteroatoms. The number of nitrogens with two attached hydrogens (primary N) is 1. The Balaban J connectivity index is 2.11. The molecule has 0 aromatic carbocycles. The summed E-state index contributed by atoms with van der Waals surface area (Å²) in [4.78, 5) is 8.10. The van der Waals surface area contributed by atoms with Gasteiger partial charge in [0.15, 0.2) is 0 Å². The highest BCUT2D eigenvalue weighted by Crippen LogP contribution is 2.24. The van der Waals surface area contributed by atoms with E-state index in [1.54, 1.807) is 11.3 Å². The van der Waals surface area contributed by atoms with Crippen molar-refractivity contribution in [2.75, 3.05) is 11.9 Å². The first-order valence-corrected chi connectivity index (χ1v) is 8.28. The van der Waals surface area contributed by atoms with Crippen LogP contribution in [-0.4, -0.2) is 18.1 Å². The van der Waals surface area contributed by atoms with Gasteiger partial charge in [-0.05, 0) is 53.4 Å². The monoisotopic (exact) mass is 353 g/mol. The second-order valence-electron chi connectivity index (χ2n) is 5.25. The van der Waals surface area contributed by atoms with Gasteiger partial charge in [0.25, 0.3) is 0 Å². The zero-order chi connectivity index (χ0) is 14.7.